The molecule has 0 saturated carbocycles. The lowest BCUT2D eigenvalue weighted by atomic mass is 9.88. The topological polar surface area (TPSA) is 40.5 Å². The molecule has 1 unspecified atom stereocenters. The molecule has 1 aromatic rings. The van der Waals surface area contributed by atoms with Crippen molar-refractivity contribution < 1.29 is 9.90 Å². The molecule has 1 atom stereocenters. The predicted octanol–water partition coefficient (Wildman–Crippen LogP) is 2.82. The summed E-state index contributed by atoms with van der Waals surface area (Å²) in [5.74, 6) is 0.154. The van der Waals surface area contributed by atoms with Crippen LogP contribution in [0.3, 0.4) is 0 Å². The number of piperidine rings is 1. The summed E-state index contributed by atoms with van der Waals surface area (Å²) in [7, 11) is 0. The van der Waals surface area contributed by atoms with E-state index in [-0.39, 0.29) is 17.6 Å². The van der Waals surface area contributed by atoms with Gasteiger partial charge in [0, 0.05) is 26.8 Å². The molecular formula is C13H18BrNO2S. The van der Waals surface area contributed by atoms with E-state index in [4.69, 9.17) is 0 Å². The Kier molecular flexibility index (Phi) is 4.14. The summed E-state index contributed by atoms with van der Waals surface area (Å²) in [4.78, 5) is 15.3. The van der Waals surface area contributed by atoms with E-state index in [0.717, 1.165) is 9.35 Å². The van der Waals surface area contributed by atoms with Crippen LogP contribution in [0.4, 0.5) is 0 Å². The summed E-state index contributed by atoms with van der Waals surface area (Å²) in [6, 6.07) is 1.99. The average Bonchev–Trinajstić information content (AvgIpc) is 2.61. The number of rotatable bonds is 2. The summed E-state index contributed by atoms with van der Waals surface area (Å²) in [5.41, 5.74) is -0.247. The minimum absolute atomic E-state index is 0.154. The largest absolute Gasteiger partial charge is 0.393 e. The van der Waals surface area contributed by atoms with E-state index in [1.54, 1.807) is 11.3 Å². The molecule has 0 spiro atoms. The first kappa shape index (κ1) is 14.0. The number of aliphatic hydroxyl groups excluding tert-OH is 1. The zero-order chi connectivity index (χ0) is 13.3. The molecule has 0 bridgehead atoms. The van der Waals surface area contributed by atoms with E-state index in [9.17, 15) is 9.90 Å². The number of likely N-dealkylation sites (tertiary alicyclic amines) is 1. The molecule has 100 valence electrons. The van der Waals surface area contributed by atoms with E-state index >= 15 is 0 Å². The highest BCUT2D eigenvalue weighted by Gasteiger charge is 2.36. The summed E-state index contributed by atoms with van der Waals surface area (Å²) < 4.78 is 1.03. The Hall–Kier alpha value is -0.390. The predicted molar refractivity (Wildman–Crippen MR) is 76.8 cm³/mol. The molecule has 2 heterocycles. The Morgan fingerprint density at radius 1 is 1.67 bits per heavy atom. The highest BCUT2D eigenvalue weighted by Crippen LogP contribution is 2.29. The van der Waals surface area contributed by atoms with Gasteiger partial charge in [0.25, 0.3) is 0 Å². The molecule has 0 aliphatic carbocycles. The fraction of sp³-hybridized carbons (Fsp3) is 0.615. The molecule has 1 amide bonds. The third kappa shape index (κ3) is 3.13. The van der Waals surface area contributed by atoms with Crippen molar-refractivity contribution >= 4 is 33.2 Å². The molecule has 1 aliphatic heterocycles. The molecule has 18 heavy (non-hydrogen) atoms. The Morgan fingerprint density at radius 2 is 2.39 bits per heavy atom. The molecule has 0 aromatic carbocycles. The van der Waals surface area contributed by atoms with Crippen molar-refractivity contribution in [2.75, 3.05) is 6.54 Å². The molecule has 1 saturated heterocycles. The van der Waals surface area contributed by atoms with Gasteiger partial charge in [0.1, 0.15) is 0 Å². The van der Waals surface area contributed by atoms with Crippen molar-refractivity contribution in [3.63, 3.8) is 0 Å². The zero-order valence-electron chi connectivity index (χ0n) is 10.6. The Balaban J connectivity index is 2.04. The molecule has 3 nitrogen and oxygen atoms in total. The third-order valence-electron chi connectivity index (χ3n) is 3.40. The Bertz CT molecular complexity index is 444. The number of nitrogens with zero attached hydrogens (tertiary/aromatic N) is 1. The van der Waals surface area contributed by atoms with Crippen LogP contribution in [0.1, 0.15) is 31.6 Å². The van der Waals surface area contributed by atoms with Gasteiger partial charge in [-0.25, -0.2) is 0 Å². The lowest BCUT2D eigenvalue weighted by Gasteiger charge is -2.44. The van der Waals surface area contributed by atoms with Crippen LogP contribution in [0.15, 0.2) is 15.9 Å². The van der Waals surface area contributed by atoms with E-state index in [0.29, 0.717) is 25.8 Å². The number of carbonyl (C=O) groups is 1. The molecule has 1 N–H and O–H groups in total. The summed E-state index contributed by atoms with van der Waals surface area (Å²) in [5, 5.41) is 11.7. The van der Waals surface area contributed by atoms with Crippen LogP contribution in [0.25, 0.3) is 0 Å². The van der Waals surface area contributed by atoms with Gasteiger partial charge in [-0.2, -0.15) is 0 Å². The van der Waals surface area contributed by atoms with Crippen molar-refractivity contribution in [2.24, 2.45) is 0 Å². The van der Waals surface area contributed by atoms with Crippen LogP contribution in [-0.4, -0.2) is 34.1 Å². The normalized spacial score (nSPS) is 23.1. The number of amides is 1. The number of aliphatic hydroxyl groups is 1. The molecule has 1 aliphatic rings. The highest BCUT2D eigenvalue weighted by atomic mass is 79.9. The fourth-order valence-corrected chi connectivity index (χ4v) is 3.96. The second-order valence-corrected chi connectivity index (χ2v) is 7.32. The van der Waals surface area contributed by atoms with E-state index < -0.39 is 0 Å². The molecule has 1 aromatic heterocycles. The number of carbonyl (C=O) groups excluding carboxylic acids is 1. The van der Waals surface area contributed by atoms with Gasteiger partial charge in [-0.15, -0.1) is 11.3 Å². The maximum absolute atomic E-state index is 12.3. The molecular weight excluding hydrogens is 314 g/mol. The summed E-state index contributed by atoms with van der Waals surface area (Å²) >= 11 is 5.00. The number of hydrogen-bond donors (Lipinski definition) is 1. The molecule has 5 heteroatoms. The van der Waals surface area contributed by atoms with Gasteiger partial charge in [0.15, 0.2) is 0 Å². The van der Waals surface area contributed by atoms with Crippen molar-refractivity contribution in [3.05, 3.63) is 20.8 Å². The standard InChI is InChI=1S/C13H18BrNO2S/c1-13(2)7-10(16)3-4-15(13)12(17)6-11-5-9(14)8-18-11/h5,8,10,16H,3-4,6-7H2,1-2H3. The number of halogens is 1. The van der Waals surface area contributed by atoms with Gasteiger partial charge in [-0.05, 0) is 48.7 Å². The van der Waals surface area contributed by atoms with Crippen LogP contribution in [0, 0.1) is 0 Å². The number of thiophene rings is 1. The maximum Gasteiger partial charge on any atom is 0.228 e. The number of hydrogen-bond acceptors (Lipinski definition) is 3. The minimum atomic E-state index is -0.278. The third-order valence-corrected chi connectivity index (χ3v) is 5.10. The second-order valence-electron chi connectivity index (χ2n) is 5.41. The van der Waals surface area contributed by atoms with Crippen molar-refractivity contribution in [2.45, 2.75) is 44.8 Å². The van der Waals surface area contributed by atoms with Crippen molar-refractivity contribution in [1.82, 2.24) is 4.90 Å². The smallest absolute Gasteiger partial charge is 0.228 e. The quantitative estimate of drug-likeness (QED) is 0.905. The molecule has 1 fully saturated rings. The van der Waals surface area contributed by atoms with Gasteiger partial charge in [-0.1, -0.05) is 0 Å². The van der Waals surface area contributed by atoms with Crippen LogP contribution in [-0.2, 0) is 11.2 Å². The van der Waals surface area contributed by atoms with Gasteiger partial charge in [0.05, 0.1) is 12.5 Å². The molecule has 2 rings (SSSR count). The first-order chi connectivity index (χ1) is 8.38. The first-order valence-electron chi connectivity index (χ1n) is 6.10. The van der Waals surface area contributed by atoms with Crippen LogP contribution >= 0.6 is 27.3 Å². The Morgan fingerprint density at radius 3 is 2.94 bits per heavy atom. The van der Waals surface area contributed by atoms with Gasteiger partial charge in [-0.3, -0.25) is 4.79 Å². The van der Waals surface area contributed by atoms with E-state index in [2.05, 4.69) is 15.9 Å². The molecule has 0 radical (unpaired) electrons. The van der Waals surface area contributed by atoms with Crippen LogP contribution in [0.5, 0.6) is 0 Å². The summed E-state index contributed by atoms with van der Waals surface area (Å²) in [6.07, 6.45) is 1.52. The van der Waals surface area contributed by atoms with Gasteiger partial charge in [0.2, 0.25) is 5.91 Å². The van der Waals surface area contributed by atoms with Gasteiger partial charge < -0.3 is 10.0 Å². The SMILES string of the molecule is CC1(C)CC(O)CCN1C(=O)Cc1cc(Br)cs1. The maximum atomic E-state index is 12.3. The average molecular weight is 332 g/mol. The van der Waals surface area contributed by atoms with Crippen LogP contribution < -0.4 is 0 Å². The van der Waals surface area contributed by atoms with Gasteiger partial charge >= 0.3 is 0 Å². The fourth-order valence-electron chi connectivity index (χ4n) is 2.52. The zero-order valence-corrected chi connectivity index (χ0v) is 13.1. The van der Waals surface area contributed by atoms with Crippen molar-refractivity contribution in [1.29, 1.82) is 0 Å². The van der Waals surface area contributed by atoms with Crippen LogP contribution in [0.2, 0.25) is 0 Å². The monoisotopic (exact) mass is 331 g/mol. The lowest BCUT2D eigenvalue weighted by Crippen LogP contribution is -2.54. The minimum Gasteiger partial charge on any atom is -0.393 e. The first-order valence-corrected chi connectivity index (χ1v) is 7.77. The van der Waals surface area contributed by atoms with E-state index in [1.165, 1.54) is 0 Å². The lowest BCUT2D eigenvalue weighted by molar-refractivity contribution is -0.140. The summed E-state index contributed by atoms with van der Waals surface area (Å²) in [6.45, 7) is 4.70. The Labute approximate surface area is 120 Å². The second kappa shape index (κ2) is 5.31. The van der Waals surface area contributed by atoms with Crippen molar-refractivity contribution in [3.8, 4) is 0 Å². The van der Waals surface area contributed by atoms with E-state index in [1.807, 2.05) is 30.2 Å². The highest BCUT2D eigenvalue weighted by molar-refractivity contribution is 9.10.